The summed E-state index contributed by atoms with van der Waals surface area (Å²) in [6.45, 7) is -3.71. The zero-order chi connectivity index (χ0) is 7.33. The third-order valence-corrected chi connectivity index (χ3v) is 0.546. The van der Waals surface area contributed by atoms with Crippen LogP contribution in [0.15, 0.2) is 0 Å². The maximum absolute atomic E-state index is 11.6. The molecule has 0 fully saturated rings. The van der Waals surface area contributed by atoms with Gasteiger partial charge in [-0.3, -0.25) is 0 Å². The molecule has 0 aromatic carbocycles. The van der Waals surface area contributed by atoms with Gasteiger partial charge in [-0.1, -0.05) is 0 Å². The van der Waals surface area contributed by atoms with Gasteiger partial charge in [-0.2, -0.15) is 8.78 Å². The lowest BCUT2D eigenvalue weighted by Crippen LogP contribution is -2.24. The monoisotopic (exact) mass is 146 g/mol. The van der Waals surface area contributed by atoms with Crippen molar-refractivity contribution in [3.05, 3.63) is 0 Å². The minimum Gasteiger partial charge on any atom is -0.316 e. The van der Waals surface area contributed by atoms with Gasteiger partial charge < -0.3 is 4.74 Å². The first kappa shape index (κ1) is 8.68. The summed E-state index contributed by atoms with van der Waals surface area (Å²) in [5.74, 6) is 0. The van der Waals surface area contributed by atoms with Crippen molar-refractivity contribution in [1.82, 2.24) is 0 Å². The molecule has 0 amide bonds. The SMILES string of the molecule is FCCOC(F)(F)CF. The molecule has 0 aromatic rings. The van der Waals surface area contributed by atoms with E-state index in [0.29, 0.717) is 0 Å². The van der Waals surface area contributed by atoms with Gasteiger partial charge in [0.2, 0.25) is 0 Å². The molecule has 0 aliphatic carbocycles. The normalized spacial score (nSPS) is 12.0. The topological polar surface area (TPSA) is 9.23 Å². The maximum Gasteiger partial charge on any atom is 0.384 e. The fourth-order valence-corrected chi connectivity index (χ4v) is 0.226. The average molecular weight is 146 g/mol. The molecule has 0 radical (unpaired) electrons. The summed E-state index contributed by atoms with van der Waals surface area (Å²) in [7, 11) is 0. The van der Waals surface area contributed by atoms with Gasteiger partial charge in [-0.25, -0.2) is 8.78 Å². The molecule has 0 aliphatic heterocycles. The highest BCUT2D eigenvalue weighted by atomic mass is 19.3. The summed E-state index contributed by atoms with van der Waals surface area (Å²) in [5.41, 5.74) is 0. The van der Waals surface area contributed by atoms with Crippen molar-refractivity contribution in [3.63, 3.8) is 0 Å². The Hall–Kier alpha value is -0.320. The molecule has 0 aromatic heterocycles. The Morgan fingerprint density at radius 2 is 1.78 bits per heavy atom. The summed E-state index contributed by atoms with van der Waals surface area (Å²) in [4.78, 5) is 0. The van der Waals surface area contributed by atoms with E-state index >= 15 is 0 Å². The molecule has 0 heterocycles. The van der Waals surface area contributed by atoms with Gasteiger partial charge in [0, 0.05) is 0 Å². The quantitative estimate of drug-likeness (QED) is 0.546. The average Bonchev–Trinajstić information content (AvgIpc) is 1.84. The Bertz CT molecular complexity index is 75.0. The number of alkyl halides is 4. The van der Waals surface area contributed by atoms with Crippen LogP contribution in [-0.4, -0.2) is 26.1 Å². The van der Waals surface area contributed by atoms with Crippen LogP contribution in [0.1, 0.15) is 0 Å². The molecule has 1 nitrogen and oxygen atoms in total. The molecule has 0 aliphatic rings. The van der Waals surface area contributed by atoms with Crippen LogP contribution in [0.4, 0.5) is 17.6 Å². The number of rotatable bonds is 4. The zero-order valence-electron chi connectivity index (χ0n) is 4.54. The molecular formula is C4H6F4O. The summed E-state index contributed by atoms with van der Waals surface area (Å²) < 4.78 is 48.8. The van der Waals surface area contributed by atoms with Crippen molar-refractivity contribution < 1.29 is 22.3 Å². The van der Waals surface area contributed by atoms with Gasteiger partial charge in [-0.05, 0) is 0 Å². The van der Waals surface area contributed by atoms with Gasteiger partial charge in [0.15, 0.2) is 6.67 Å². The summed E-state index contributed by atoms with van der Waals surface area (Å²) in [5, 5.41) is 0. The zero-order valence-corrected chi connectivity index (χ0v) is 4.54. The highest BCUT2D eigenvalue weighted by Crippen LogP contribution is 2.14. The molecule has 9 heavy (non-hydrogen) atoms. The third-order valence-electron chi connectivity index (χ3n) is 0.546. The first-order valence-corrected chi connectivity index (χ1v) is 2.26. The van der Waals surface area contributed by atoms with Crippen LogP contribution >= 0.6 is 0 Å². The van der Waals surface area contributed by atoms with E-state index < -0.39 is 26.1 Å². The van der Waals surface area contributed by atoms with Gasteiger partial charge in [0.05, 0.1) is 6.61 Å². The highest BCUT2D eigenvalue weighted by Gasteiger charge is 2.29. The van der Waals surface area contributed by atoms with E-state index in [1.54, 1.807) is 0 Å². The molecule has 0 N–H and O–H groups in total. The van der Waals surface area contributed by atoms with Crippen molar-refractivity contribution in [2.75, 3.05) is 20.0 Å². The Morgan fingerprint density at radius 1 is 1.22 bits per heavy atom. The molecule has 0 unspecified atom stereocenters. The van der Waals surface area contributed by atoms with Crippen molar-refractivity contribution >= 4 is 0 Å². The lowest BCUT2D eigenvalue weighted by atomic mass is 10.7. The predicted octanol–water partition coefficient (Wildman–Crippen LogP) is 1.53. The van der Waals surface area contributed by atoms with Gasteiger partial charge >= 0.3 is 6.11 Å². The Kier molecular flexibility index (Phi) is 3.53. The lowest BCUT2D eigenvalue weighted by Gasteiger charge is -2.10. The van der Waals surface area contributed by atoms with Crippen LogP contribution in [0.2, 0.25) is 0 Å². The van der Waals surface area contributed by atoms with E-state index in [1.165, 1.54) is 0 Å². The lowest BCUT2D eigenvalue weighted by molar-refractivity contribution is -0.246. The molecule has 0 saturated heterocycles. The molecule has 0 bridgehead atoms. The predicted molar refractivity (Wildman–Crippen MR) is 22.8 cm³/mol. The largest absolute Gasteiger partial charge is 0.384 e. The summed E-state index contributed by atoms with van der Waals surface area (Å²) in [6.07, 6.45) is -3.81. The van der Waals surface area contributed by atoms with Gasteiger partial charge in [-0.15, -0.1) is 0 Å². The van der Waals surface area contributed by atoms with Crippen molar-refractivity contribution in [2.45, 2.75) is 6.11 Å². The van der Waals surface area contributed by atoms with E-state index in [-0.39, 0.29) is 0 Å². The number of ether oxygens (including phenoxy) is 1. The molecule has 5 heteroatoms. The minimum atomic E-state index is -3.81. The first-order valence-electron chi connectivity index (χ1n) is 2.26. The number of hydrogen-bond donors (Lipinski definition) is 0. The fourth-order valence-electron chi connectivity index (χ4n) is 0.226. The van der Waals surface area contributed by atoms with E-state index in [1.807, 2.05) is 0 Å². The van der Waals surface area contributed by atoms with Gasteiger partial charge in [0.1, 0.15) is 6.67 Å². The second kappa shape index (κ2) is 3.66. The smallest absolute Gasteiger partial charge is 0.316 e. The second-order valence-corrected chi connectivity index (χ2v) is 1.31. The van der Waals surface area contributed by atoms with Gasteiger partial charge in [0.25, 0.3) is 0 Å². The van der Waals surface area contributed by atoms with Crippen LogP contribution in [0.5, 0.6) is 0 Å². The molecular weight excluding hydrogens is 140 g/mol. The first-order chi connectivity index (χ1) is 4.12. The van der Waals surface area contributed by atoms with E-state index in [4.69, 9.17) is 0 Å². The molecule has 0 spiro atoms. The van der Waals surface area contributed by atoms with Crippen LogP contribution in [0.25, 0.3) is 0 Å². The highest BCUT2D eigenvalue weighted by molar-refractivity contribution is 4.46. The summed E-state index contributed by atoms with van der Waals surface area (Å²) in [6, 6.07) is 0. The van der Waals surface area contributed by atoms with Crippen LogP contribution in [-0.2, 0) is 4.74 Å². The van der Waals surface area contributed by atoms with E-state index in [2.05, 4.69) is 4.74 Å². The van der Waals surface area contributed by atoms with Crippen molar-refractivity contribution in [2.24, 2.45) is 0 Å². The standard InChI is InChI=1S/C4H6F4O/c5-1-2-9-4(7,8)3-6/h1-3H2. The fraction of sp³-hybridized carbons (Fsp3) is 1.00. The molecule has 0 atom stereocenters. The van der Waals surface area contributed by atoms with Crippen LogP contribution in [0, 0.1) is 0 Å². The Labute approximate surface area is 49.6 Å². The van der Waals surface area contributed by atoms with Crippen molar-refractivity contribution in [3.8, 4) is 0 Å². The van der Waals surface area contributed by atoms with Crippen molar-refractivity contribution in [1.29, 1.82) is 0 Å². The van der Waals surface area contributed by atoms with Crippen LogP contribution in [0.3, 0.4) is 0 Å². The number of halogens is 4. The Balaban J connectivity index is 3.33. The van der Waals surface area contributed by atoms with E-state index in [9.17, 15) is 17.6 Å². The molecule has 0 rings (SSSR count). The Morgan fingerprint density at radius 3 is 2.11 bits per heavy atom. The molecule has 56 valence electrons. The molecule has 0 saturated carbocycles. The number of hydrogen-bond acceptors (Lipinski definition) is 1. The maximum atomic E-state index is 11.6. The third kappa shape index (κ3) is 4.20. The van der Waals surface area contributed by atoms with Crippen LogP contribution < -0.4 is 0 Å². The second-order valence-electron chi connectivity index (χ2n) is 1.31. The summed E-state index contributed by atoms with van der Waals surface area (Å²) >= 11 is 0. The minimum absolute atomic E-state index is 0.767. The van der Waals surface area contributed by atoms with E-state index in [0.717, 1.165) is 0 Å².